The van der Waals surface area contributed by atoms with Crippen LogP contribution >= 0.6 is 0 Å². The van der Waals surface area contributed by atoms with E-state index in [1.165, 1.54) is 12.1 Å². The maximum Gasteiger partial charge on any atom is 0.261 e. The third kappa shape index (κ3) is 2.43. The standard InChI is InChI=1S/C15H12FN3O2/c1-20-13-5-3-2-4-11(13)14-18-15(21-19-14)10-7-6-9(17)8-12(10)16/h2-8H,17H2,1H3. The molecule has 6 heteroatoms. The molecule has 2 aromatic carbocycles. The van der Waals surface area contributed by atoms with E-state index in [0.717, 1.165) is 0 Å². The van der Waals surface area contributed by atoms with Gasteiger partial charge in [-0.1, -0.05) is 17.3 Å². The SMILES string of the molecule is COc1ccccc1-c1noc(-c2ccc(N)cc2F)n1. The number of benzene rings is 2. The predicted octanol–water partition coefficient (Wildman–Crippen LogP) is 3.13. The number of ether oxygens (including phenoxy) is 1. The fourth-order valence-electron chi connectivity index (χ4n) is 1.98. The maximum absolute atomic E-state index is 13.9. The first-order valence-corrected chi connectivity index (χ1v) is 6.21. The molecule has 0 amide bonds. The van der Waals surface area contributed by atoms with E-state index in [9.17, 15) is 4.39 Å². The first kappa shape index (κ1) is 13.1. The molecule has 1 heterocycles. The lowest BCUT2D eigenvalue weighted by atomic mass is 10.2. The summed E-state index contributed by atoms with van der Waals surface area (Å²) in [6.45, 7) is 0. The van der Waals surface area contributed by atoms with Gasteiger partial charge in [-0.2, -0.15) is 4.98 Å². The Balaban J connectivity index is 2.04. The largest absolute Gasteiger partial charge is 0.496 e. The Hall–Kier alpha value is -2.89. The fraction of sp³-hybridized carbons (Fsp3) is 0.0667. The molecule has 0 bridgehead atoms. The molecule has 21 heavy (non-hydrogen) atoms. The lowest BCUT2D eigenvalue weighted by Crippen LogP contribution is -1.90. The fourth-order valence-corrected chi connectivity index (χ4v) is 1.98. The van der Waals surface area contributed by atoms with Crippen molar-refractivity contribution in [1.82, 2.24) is 10.1 Å². The number of halogens is 1. The number of nitrogens with zero attached hydrogens (tertiary/aromatic N) is 2. The van der Waals surface area contributed by atoms with Crippen LogP contribution in [0, 0.1) is 5.82 Å². The molecule has 0 aliphatic rings. The van der Waals surface area contributed by atoms with Crippen LogP contribution in [0.25, 0.3) is 22.8 Å². The van der Waals surface area contributed by atoms with Crippen LogP contribution in [0.5, 0.6) is 5.75 Å². The summed E-state index contributed by atoms with van der Waals surface area (Å²) < 4.78 is 24.2. The van der Waals surface area contributed by atoms with E-state index >= 15 is 0 Å². The van der Waals surface area contributed by atoms with Gasteiger partial charge >= 0.3 is 0 Å². The minimum atomic E-state index is -0.509. The van der Waals surface area contributed by atoms with Crippen molar-refractivity contribution in [2.24, 2.45) is 0 Å². The van der Waals surface area contributed by atoms with E-state index in [-0.39, 0.29) is 11.5 Å². The van der Waals surface area contributed by atoms with Crippen LogP contribution in [-0.2, 0) is 0 Å². The zero-order chi connectivity index (χ0) is 14.8. The van der Waals surface area contributed by atoms with Crippen LogP contribution in [0.2, 0.25) is 0 Å². The Morgan fingerprint density at radius 3 is 2.71 bits per heavy atom. The minimum Gasteiger partial charge on any atom is -0.496 e. The average molecular weight is 285 g/mol. The maximum atomic E-state index is 13.9. The lowest BCUT2D eigenvalue weighted by Gasteiger charge is -2.03. The molecule has 0 saturated heterocycles. The second kappa shape index (κ2) is 5.24. The van der Waals surface area contributed by atoms with Crippen LogP contribution < -0.4 is 10.5 Å². The second-order valence-corrected chi connectivity index (χ2v) is 4.36. The molecule has 3 aromatic rings. The Morgan fingerprint density at radius 1 is 1.14 bits per heavy atom. The van der Waals surface area contributed by atoms with Crippen LogP contribution in [0.15, 0.2) is 47.0 Å². The summed E-state index contributed by atoms with van der Waals surface area (Å²) in [6, 6.07) is 11.5. The summed E-state index contributed by atoms with van der Waals surface area (Å²) in [5.74, 6) is 0.528. The topological polar surface area (TPSA) is 74.2 Å². The first-order chi connectivity index (χ1) is 10.2. The molecule has 0 saturated carbocycles. The van der Waals surface area contributed by atoms with Crippen LogP contribution in [0.3, 0.4) is 0 Å². The number of rotatable bonds is 3. The second-order valence-electron chi connectivity index (χ2n) is 4.36. The molecule has 0 aliphatic heterocycles. The lowest BCUT2D eigenvalue weighted by molar-refractivity contribution is 0.413. The molecule has 3 rings (SSSR count). The van der Waals surface area contributed by atoms with Gasteiger partial charge in [0, 0.05) is 5.69 Å². The highest BCUT2D eigenvalue weighted by Gasteiger charge is 2.16. The highest BCUT2D eigenvalue weighted by atomic mass is 19.1. The van der Waals surface area contributed by atoms with Gasteiger partial charge in [0.25, 0.3) is 5.89 Å². The highest BCUT2D eigenvalue weighted by Crippen LogP contribution is 2.30. The van der Waals surface area contributed by atoms with E-state index in [0.29, 0.717) is 22.8 Å². The number of para-hydroxylation sites is 1. The van der Waals surface area contributed by atoms with E-state index in [1.807, 2.05) is 12.1 Å². The molecule has 0 atom stereocenters. The summed E-state index contributed by atoms with van der Waals surface area (Å²) >= 11 is 0. The van der Waals surface area contributed by atoms with Crippen LogP contribution in [0.4, 0.5) is 10.1 Å². The molecule has 0 unspecified atom stereocenters. The quantitative estimate of drug-likeness (QED) is 0.748. The van der Waals surface area contributed by atoms with Gasteiger partial charge < -0.3 is 15.0 Å². The minimum absolute atomic E-state index is 0.0911. The monoisotopic (exact) mass is 285 g/mol. The van der Waals surface area contributed by atoms with Crippen molar-refractivity contribution >= 4 is 5.69 Å². The average Bonchev–Trinajstić information content (AvgIpc) is 2.96. The van der Waals surface area contributed by atoms with E-state index in [4.69, 9.17) is 15.0 Å². The summed E-state index contributed by atoms with van der Waals surface area (Å²) in [5, 5.41) is 3.87. The van der Waals surface area contributed by atoms with Gasteiger partial charge in [-0.05, 0) is 30.3 Å². The molecular formula is C15H12FN3O2. The number of methoxy groups -OCH3 is 1. The summed E-state index contributed by atoms with van der Waals surface area (Å²) in [7, 11) is 1.56. The van der Waals surface area contributed by atoms with Gasteiger partial charge in [-0.25, -0.2) is 4.39 Å². The molecule has 0 aliphatic carbocycles. The number of nitrogen functional groups attached to an aromatic ring is 1. The molecule has 0 spiro atoms. The molecule has 1 aromatic heterocycles. The third-order valence-corrected chi connectivity index (χ3v) is 3.00. The Morgan fingerprint density at radius 2 is 1.95 bits per heavy atom. The van der Waals surface area contributed by atoms with E-state index in [2.05, 4.69) is 10.1 Å². The highest BCUT2D eigenvalue weighted by molar-refractivity contribution is 5.66. The number of nitrogens with two attached hydrogens (primary N) is 1. The van der Waals surface area contributed by atoms with Gasteiger partial charge in [-0.3, -0.25) is 0 Å². The number of hydrogen-bond acceptors (Lipinski definition) is 5. The summed E-state index contributed by atoms with van der Waals surface area (Å²) in [4.78, 5) is 4.21. The van der Waals surface area contributed by atoms with Crippen molar-refractivity contribution in [2.45, 2.75) is 0 Å². The summed E-state index contributed by atoms with van der Waals surface area (Å²) in [5.41, 5.74) is 6.73. The van der Waals surface area contributed by atoms with Gasteiger partial charge in [0.1, 0.15) is 11.6 Å². The number of aromatic nitrogens is 2. The van der Waals surface area contributed by atoms with Crippen molar-refractivity contribution in [2.75, 3.05) is 12.8 Å². The van der Waals surface area contributed by atoms with Crippen molar-refractivity contribution in [1.29, 1.82) is 0 Å². The number of hydrogen-bond donors (Lipinski definition) is 1. The molecule has 0 fully saturated rings. The van der Waals surface area contributed by atoms with Crippen molar-refractivity contribution in [3.8, 4) is 28.6 Å². The predicted molar refractivity (Wildman–Crippen MR) is 76.1 cm³/mol. The van der Waals surface area contributed by atoms with Crippen molar-refractivity contribution in [3.63, 3.8) is 0 Å². The normalized spacial score (nSPS) is 10.6. The van der Waals surface area contributed by atoms with Gasteiger partial charge in [0.15, 0.2) is 0 Å². The van der Waals surface area contributed by atoms with E-state index in [1.54, 1.807) is 25.3 Å². The molecule has 0 radical (unpaired) electrons. The number of anilines is 1. The Kier molecular flexibility index (Phi) is 3.27. The van der Waals surface area contributed by atoms with E-state index < -0.39 is 5.82 Å². The molecular weight excluding hydrogens is 273 g/mol. The van der Waals surface area contributed by atoms with Gasteiger partial charge in [-0.15, -0.1) is 0 Å². The zero-order valence-electron chi connectivity index (χ0n) is 11.2. The Bertz CT molecular complexity index is 786. The van der Waals surface area contributed by atoms with Crippen LogP contribution in [-0.4, -0.2) is 17.3 Å². The smallest absolute Gasteiger partial charge is 0.261 e. The van der Waals surface area contributed by atoms with Crippen LogP contribution in [0.1, 0.15) is 0 Å². The first-order valence-electron chi connectivity index (χ1n) is 6.21. The third-order valence-electron chi connectivity index (χ3n) is 3.00. The summed E-state index contributed by atoms with van der Waals surface area (Å²) in [6.07, 6.45) is 0. The Labute approximate surface area is 120 Å². The molecule has 5 nitrogen and oxygen atoms in total. The van der Waals surface area contributed by atoms with Crippen molar-refractivity contribution in [3.05, 3.63) is 48.3 Å². The van der Waals surface area contributed by atoms with Gasteiger partial charge in [0.05, 0.1) is 18.2 Å². The molecule has 106 valence electrons. The van der Waals surface area contributed by atoms with Gasteiger partial charge in [0.2, 0.25) is 5.82 Å². The zero-order valence-corrected chi connectivity index (χ0v) is 11.2. The van der Waals surface area contributed by atoms with Crippen molar-refractivity contribution < 1.29 is 13.7 Å². The molecule has 2 N–H and O–H groups in total.